The van der Waals surface area contributed by atoms with Gasteiger partial charge >= 0.3 is 0 Å². The second-order valence-electron chi connectivity index (χ2n) is 6.78. The van der Waals surface area contributed by atoms with Crippen molar-refractivity contribution in [3.8, 4) is 6.07 Å². The minimum atomic E-state index is -0.167. The SMILES string of the molecule is C=CC.CCC(C#N)/C=C/n1nnc(C2CCCCN2C(=O)c2ccc(C)s2)n1. The fourth-order valence-electron chi connectivity index (χ4n) is 3.02. The van der Waals surface area contributed by atoms with Crippen LogP contribution in [0.25, 0.3) is 6.20 Å². The number of hydrogen-bond acceptors (Lipinski definition) is 6. The highest BCUT2D eigenvalue weighted by atomic mass is 32.1. The molecule has 8 heteroatoms. The van der Waals surface area contributed by atoms with Gasteiger partial charge in [-0.25, -0.2) is 0 Å². The molecule has 0 aromatic carbocycles. The minimum Gasteiger partial charge on any atom is -0.328 e. The molecule has 1 amide bonds. The summed E-state index contributed by atoms with van der Waals surface area (Å²) < 4.78 is 0. The minimum absolute atomic E-state index is 0.0372. The zero-order valence-corrected chi connectivity index (χ0v) is 18.1. The summed E-state index contributed by atoms with van der Waals surface area (Å²) in [5, 5.41) is 21.6. The molecule has 2 atom stereocenters. The Labute approximate surface area is 176 Å². The van der Waals surface area contributed by atoms with E-state index in [0.29, 0.717) is 12.4 Å². The summed E-state index contributed by atoms with van der Waals surface area (Å²) in [6, 6.07) is 5.90. The van der Waals surface area contributed by atoms with Crippen LogP contribution in [0.1, 0.15) is 65.9 Å². The van der Waals surface area contributed by atoms with E-state index in [1.165, 1.54) is 16.1 Å². The molecule has 2 unspecified atom stereocenters. The van der Waals surface area contributed by atoms with Crippen molar-refractivity contribution < 1.29 is 4.79 Å². The van der Waals surface area contributed by atoms with E-state index in [1.54, 1.807) is 18.4 Å². The second-order valence-corrected chi connectivity index (χ2v) is 8.07. The van der Waals surface area contributed by atoms with Gasteiger partial charge in [0.15, 0.2) is 5.82 Å². The summed E-state index contributed by atoms with van der Waals surface area (Å²) in [5.74, 6) is 0.426. The largest absolute Gasteiger partial charge is 0.328 e. The van der Waals surface area contributed by atoms with E-state index in [1.807, 2.05) is 37.8 Å². The summed E-state index contributed by atoms with van der Waals surface area (Å²) in [6.07, 6.45) is 8.77. The van der Waals surface area contributed by atoms with Crippen LogP contribution in [0.2, 0.25) is 0 Å². The van der Waals surface area contributed by atoms with Crippen molar-refractivity contribution in [2.24, 2.45) is 5.92 Å². The van der Waals surface area contributed by atoms with Gasteiger partial charge in [0.25, 0.3) is 5.91 Å². The van der Waals surface area contributed by atoms with Crippen molar-refractivity contribution in [2.45, 2.75) is 52.5 Å². The lowest BCUT2D eigenvalue weighted by atomic mass is 10.0. The fourth-order valence-corrected chi connectivity index (χ4v) is 3.84. The number of nitriles is 1. The van der Waals surface area contributed by atoms with Gasteiger partial charge in [0.2, 0.25) is 0 Å². The molecule has 2 aromatic heterocycles. The maximum absolute atomic E-state index is 12.9. The number of carbonyl (C=O) groups is 1. The summed E-state index contributed by atoms with van der Waals surface area (Å²) in [7, 11) is 0. The van der Waals surface area contributed by atoms with E-state index in [9.17, 15) is 4.79 Å². The Bertz CT molecular complexity index is 878. The first kappa shape index (κ1) is 22.5. The molecular weight excluding hydrogens is 384 g/mol. The van der Waals surface area contributed by atoms with E-state index >= 15 is 0 Å². The molecule has 1 aliphatic heterocycles. The number of aromatic nitrogens is 4. The van der Waals surface area contributed by atoms with Gasteiger partial charge in [0, 0.05) is 17.6 Å². The summed E-state index contributed by atoms with van der Waals surface area (Å²) in [6.45, 7) is 9.91. The average molecular weight is 413 g/mol. The zero-order chi connectivity index (χ0) is 21.2. The number of hydrogen-bond donors (Lipinski definition) is 0. The van der Waals surface area contributed by atoms with E-state index in [4.69, 9.17) is 5.26 Å². The first-order valence-corrected chi connectivity index (χ1v) is 10.7. The van der Waals surface area contributed by atoms with Crippen molar-refractivity contribution in [3.63, 3.8) is 0 Å². The lowest BCUT2D eigenvalue weighted by Gasteiger charge is -2.33. The van der Waals surface area contributed by atoms with Gasteiger partial charge in [0.05, 0.1) is 22.9 Å². The molecule has 2 aromatic rings. The van der Waals surface area contributed by atoms with Crippen LogP contribution in [0, 0.1) is 24.2 Å². The summed E-state index contributed by atoms with van der Waals surface area (Å²) >= 11 is 1.51. The number of piperidine rings is 1. The lowest BCUT2D eigenvalue weighted by molar-refractivity contribution is 0.0605. The molecule has 0 saturated carbocycles. The Morgan fingerprint density at radius 1 is 1.48 bits per heavy atom. The Balaban J connectivity index is 0.000000941. The molecule has 3 heterocycles. The third-order valence-electron chi connectivity index (χ3n) is 4.51. The Morgan fingerprint density at radius 3 is 2.86 bits per heavy atom. The Hall–Kier alpha value is -2.79. The Morgan fingerprint density at radius 2 is 2.24 bits per heavy atom. The maximum atomic E-state index is 12.9. The van der Waals surface area contributed by atoms with Crippen molar-refractivity contribution in [1.82, 2.24) is 25.1 Å². The molecule has 1 fully saturated rings. The van der Waals surface area contributed by atoms with Gasteiger partial charge in [-0.05, 0) is 63.0 Å². The molecule has 3 rings (SSSR count). The standard InChI is InChI=1S/C18H22N6OS.C3H6/c1-3-14(12-19)9-11-24-21-17(20-22-24)15-6-4-5-10-23(15)18(25)16-8-7-13(2)26-16;1-3-2/h7-9,11,14-15H,3-6,10H2,1-2H3;3H,1H2,2H3/b11-9+;. The molecule has 0 radical (unpaired) electrons. The summed E-state index contributed by atoms with van der Waals surface area (Å²) in [5.41, 5.74) is 0. The van der Waals surface area contributed by atoms with E-state index in [2.05, 4.69) is 28.1 Å². The summed E-state index contributed by atoms with van der Waals surface area (Å²) in [4.78, 5) is 18.0. The molecule has 0 N–H and O–H groups in total. The fraction of sp³-hybridized carbons (Fsp3) is 0.476. The molecule has 0 bridgehead atoms. The number of amides is 1. The highest BCUT2D eigenvalue weighted by molar-refractivity contribution is 7.13. The van der Waals surface area contributed by atoms with Gasteiger partial charge in [-0.15, -0.1) is 32.9 Å². The average Bonchev–Trinajstić information content (AvgIpc) is 3.38. The van der Waals surface area contributed by atoms with Crippen LogP contribution >= 0.6 is 11.3 Å². The molecule has 29 heavy (non-hydrogen) atoms. The number of likely N-dealkylation sites (tertiary alicyclic amines) is 1. The van der Waals surface area contributed by atoms with Crippen LogP contribution in [-0.4, -0.2) is 37.6 Å². The normalized spacial score (nSPS) is 17.3. The quantitative estimate of drug-likeness (QED) is 0.669. The number of rotatable bonds is 5. The molecular formula is C21H28N6OS. The maximum Gasteiger partial charge on any atom is 0.264 e. The van der Waals surface area contributed by atoms with Crippen molar-refractivity contribution >= 4 is 23.4 Å². The number of aryl methyl sites for hydroxylation is 1. The highest BCUT2D eigenvalue weighted by Crippen LogP contribution is 2.31. The lowest BCUT2D eigenvalue weighted by Crippen LogP contribution is -2.38. The van der Waals surface area contributed by atoms with Gasteiger partial charge in [-0.1, -0.05) is 13.0 Å². The first-order valence-electron chi connectivity index (χ1n) is 9.85. The van der Waals surface area contributed by atoms with Gasteiger partial charge in [-0.3, -0.25) is 4.79 Å². The molecule has 0 aliphatic carbocycles. The highest BCUT2D eigenvalue weighted by Gasteiger charge is 2.32. The molecule has 0 spiro atoms. The van der Waals surface area contributed by atoms with Crippen LogP contribution < -0.4 is 0 Å². The van der Waals surface area contributed by atoms with Crippen LogP contribution in [-0.2, 0) is 0 Å². The van der Waals surface area contributed by atoms with E-state index in [0.717, 1.165) is 35.4 Å². The van der Waals surface area contributed by atoms with Crippen molar-refractivity contribution in [3.05, 3.63) is 46.4 Å². The topological polar surface area (TPSA) is 87.7 Å². The third-order valence-corrected chi connectivity index (χ3v) is 5.50. The van der Waals surface area contributed by atoms with Crippen LogP contribution in [0.15, 0.2) is 30.9 Å². The zero-order valence-electron chi connectivity index (χ0n) is 17.3. The number of thiophene rings is 1. The van der Waals surface area contributed by atoms with Crippen LogP contribution in [0.3, 0.4) is 0 Å². The first-order chi connectivity index (χ1) is 14.0. The van der Waals surface area contributed by atoms with E-state index in [-0.39, 0.29) is 17.9 Å². The predicted molar refractivity (Wildman–Crippen MR) is 115 cm³/mol. The van der Waals surface area contributed by atoms with Crippen molar-refractivity contribution in [2.75, 3.05) is 6.54 Å². The van der Waals surface area contributed by atoms with E-state index < -0.39 is 0 Å². The van der Waals surface area contributed by atoms with Crippen LogP contribution in [0.4, 0.5) is 0 Å². The second kappa shape index (κ2) is 11.3. The number of allylic oxidation sites excluding steroid dienone is 2. The van der Waals surface area contributed by atoms with Crippen LogP contribution in [0.5, 0.6) is 0 Å². The smallest absolute Gasteiger partial charge is 0.264 e. The number of carbonyl (C=O) groups excluding carboxylic acids is 1. The van der Waals surface area contributed by atoms with Gasteiger partial charge in [0.1, 0.15) is 0 Å². The Kier molecular flexibility index (Phi) is 8.74. The number of tetrazole rings is 1. The van der Waals surface area contributed by atoms with Gasteiger partial charge < -0.3 is 4.90 Å². The monoisotopic (exact) mass is 412 g/mol. The molecule has 1 saturated heterocycles. The molecule has 7 nitrogen and oxygen atoms in total. The molecule has 154 valence electrons. The number of nitrogens with zero attached hydrogens (tertiary/aromatic N) is 6. The predicted octanol–water partition coefficient (Wildman–Crippen LogP) is 4.62. The molecule has 1 aliphatic rings. The van der Waals surface area contributed by atoms with Gasteiger partial charge in [-0.2, -0.15) is 5.26 Å². The third kappa shape index (κ3) is 6.09. The van der Waals surface area contributed by atoms with Crippen molar-refractivity contribution in [1.29, 1.82) is 5.26 Å².